The van der Waals surface area contributed by atoms with Gasteiger partial charge in [0.1, 0.15) is 18.2 Å². The lowest BCUT2D eigenvalue weighted by atomic mass is 10.0. The largest absolute Gasteiger partial charge is 0.416 e. The standard InChI is InChI=1S/C25H24F3N5O/c1-2-34-17-33-24(20-9-6-10-21(15-20)25(26,27)28)23(31-32-33)19-12-14-30-22(16-19)29-13-11-18-7-4-3-5-8-18/h3-10,12,14-16H,2,11,13,17H2,1H3,(H,29,30). The molecule has 0 aliphatic heterocycles. The number of nitrogens with one attached hydrogen (secondary N) is 1. The van der Waals surface area contributed by atoms with E-state index in [9.17, 15) is 13.2 Å². The number of alkyl halides is 3. The second-order valence-electron chi connectivity index (χ2n) is 7.58. The van der Waals surface area contributed by atoms with Crippen LogP contribution in [0.1, 0.15) is 18.1 Å². The molecule has 0 spiro atoms. The molecule has 0 amide bonds. The van der Waals surface area contributed by atoms with Gasteiger partial charge >= 0.3 is 6.18 Å². The fourth-order valence-electron chi connectivity index (χ4n) is 3.56. The second kappa shape index (κ2) is 10.5. The van der Waals surface area contributed by atoms with Crippen molar-refractivity contribution in [3.63, 3.8) is 0 Å². The lowest BCUT2D eigenvalue weighted by Gasteiger charge is -2.12. The number of anilines is 1. The van der Waals surface area contributed by atoms with Crippen molar-refractivity contribution in [2.24, 2.45) is 0 Å². The average Bonchev–Trinajstić information content (AvgIpc) is 3.27. The second-order valence-corrected chi connectivity index (χ2v) is 7.58. The molecule has 4 aromatic rings. The van der Waals surface area contributed by atoms with Crippen molar-refractivity contribution < 1.29 is 17.9 Å². The van der Waals surface area contributed by atoms with Crippen LogP contribution < -0.4 is 5.32 Å². The normalized spacial score (nSPS) is 11.5. The number of benzene rings is 2. The molecular weight excluding hydrogens is 443 g/mol. The Kier molecular flexibility index (Phi) is 7.22. The first-order valence-corrected chi connectivity index (χ1v) is 10.9. The van der Waals surface area contributed by atoms with E-state index in [4.69, 9.17) is 4.74 Å². The van der Waals surface area contributed by atoms with Gasteiger partial charge in [-0.3, -0.25) is 0 Å². The molecule has 0 radical (unpaired) electrons. The van der Waals surface area contributed by atoms with Crippen LogP contribution in [-0.4, -0.2) is 33.1 Å². The predicted octanol–water partition coefficient (Wildman–Crippen LogP) is 5.67. The maximum atomic E-state index is 13.4. The van der Waals surface area contributed by atoms with Crippen LogP contribution >= 0.6 is 0 Å². The molecule has 0 bridgehead atoms. The molecule has 0 unspecified atom stereocenters. The molecule has 2 aromatic heterocycles. The lowest BCUT2D eigenvalue weighted by Crippen LogP contribution is -2.08. The number of pyridine rings is 1. The van der Waals surface area contributed by atoms with Crippen LogP contribution in [-0.2, 0) is 24.1 Å². The van der Waals surface area contributed by atoms with Crippen molar-refractivity contribution in [2.75, 3.05) is 18.5 Å². The Bertz CT molecular complexity index is 1220. The molecule has 2 aromatic carbocycles. The van der Waals surface area contributed by atoms with Crippen LogP contribution in [0.3, 0.4) is 0 Å². The maximum absolute atomic E-state index is 13.4. The maximum Gasteiger partial charge on any atom is 0.416 e. The summed E-state index contributed by atoms with van der Waals surface area (Å²) < 4.78 is 47.0. The van der Waals surface area contributed by atoms with Gasteiger partial charge in [0.2, 0.25) is 0 Å². The van der Waals surface area contributed by atoms with E-state index in [-0.39, 0.29) is 6.73 Å². The first-order chi connectivity index (χ1) is 16.5. The summed E-state index contributed by atoms with van der Waals surface area (Å²) >= 11 is 0. The Morgan fingerprint density at radius 3 is 2.56 bits per heavy atom. The summed E-state index contributed by atoms with van der Waals surface area (Å²) in [6.45, 7) is 3.01. The number of nitrogens with zero attached hydrogens (tertiary/aromatic N) is 4. The van der Waals surface area contributed by atoms with E-state index in [0.29, 0.717) is 41.5 Å². The molecule has 176 valence electrons. The van der Waals surface area contributed by atoms with Crippen molar-refractivity contribution >= 4 is 5.82 Å². The van der Waals surface area contributed by atoms with Crippen molar-refractivity contribution in [2.45, 2.75) is 26.3 Å². The van der Waals surface area contributed by atoms with E-state index in [1.165, 1.54) is 16.3 Å². The van der Waals surface area contributed by atoms with Crippen molar-refractivity contribution in [1.82, 2.24) is 20.0 Å². The third kappa shape index (κ3) is 5.60. The first-order valence-electron chi connectivity index (χ1n) is 10.9. The molecule has 0 aliphatic rings. The summed E-state index contributed by atoms with van der Waals surface area (Å²) in [5.41, 5.74) is 2.40. The minimum Gasteiger partial charge on any atom is -0.370 e. The molecule has 4 rings (SSSR count). The monoisotopic (exact) mass is 467 g/mol. The van der Waals surface area contributed by atoms with E-state index < -0.39 is 11.7 Å². The fourth-order valence-corrected chi connectivity index (χ4v) is 3.56. The molecule has 9 heteroatoms. The van der Waals surface area contributed by atoms with Gasteiger partial charge in [-0.15, -0.1) is 5.10 Å². The minimum atomic E-state index is -4.46. The summed E-state index contributed by atoms with van der Waals surface area (Å²) in [4.78, 5) is 4.36. The highest BCUT2D eigenvalue weighted by Crippen LogP contribution is 2.35. The molecule has 0 aliphatic carbocycles. The Hall–Kier alpha value is -3.72. The Labute approximate surface area is 195 Å². The summed E-state index contributed by atoms with van der Waals surface area (Å²) in [7, 11) is 0. The number of hydrogen-bond acceptors (Lipinski definition) is 5. The summed E-state index contributed by atoms with van der Waals surface area (Å²) in [5.74, 6) is 0.641. The van der Waals surface area contributed by atoms with Crippen LogP contribution in [0.2, 0.25) is 0 Å². The van der Waals surface area contributed by atoms with Crippen LogP contribution in [0.25, 0.3) is 22.5 Å². The Balaban J connectivity index is 1.64. The van der Waals surface area contributed by atoms with E-state index in [2.05, 4.69) is 32.7 Å². The molecule has 0 atom stereocenters. The molecule has 1 N–H and O–H groups in total. The molecule has 6 nitrogen and oxygen atoms in total. The summed E-state index contributed by atoms with van der Waals surface area (Å²) in [6, 6.07) is 18.8. The third-order valence-corrected chi connectivity index (χ3v) is 5.21. The third-order valence-electron chi connectivity index (χ3n) is 5.21. The average molecular weight is 467 g/mol. The van der Waals surface area contributed by atoms with E-state index in [1.807, 2.05) is 31.2 Å². The van der Waals surface area contributed by atoms with Crippen LogP contribution in [0.15, 0.2) is 72.9 Å². The van der Waals surface area contributed by atoms with E-state index in [1.54, 1.807) is 18.3 Å². The van der Waals surface area contributed by atoms with E-state index in [0.717, 1.165) is 18.6 Å². The number of hydrogen-bond donors (Lipinski definition) is 1. The summed E-state index contributed by atoms with van der Waals surface area (Å²) in [6.07, 6.45) is -1.99. The van der Waals surface area contributed by atoms with Crippen LogP contribution in [0, 0.1) is 0 Å². The van der Waals surface area contributed by atoms with Gasteiger partial charge in [0.15, 0.2) is 0 Å². The van der Waals surface area contributed by atoms with Gasteiger partial charge < -0.3 is 10.1 Å². The van der Waals surface area contributed by atoms with Gasteiger partial charge in [-0.1, -0.05) is 47.7 Å². The van der Waals surface area contributed by atoms with Gasteiger partial charge in [-0.2, -0.15) is 13.2 Å². The zero-order valence-corrected chi connectivity index (χ0v) is 18.6. The highest BCUT2D eigenvalue weighted by Gasteiger charge is 2.31. The predicted molar refractivity (Wildman–Crippen MR) is 124 cm³/mol. The zero-order valence-electron chi connectivity index (χ0n) is 18.6. The van der Waals surface area contributed by atoms with Gasteiger partial charge in [-0.25, -0.2) is 9.67 Å². The van der Waals surface area contributed by atoms with E-state index >= 15 is 0 Å². The number of halogens is 3. The van der Waals surface area contributed by atoms with Crippen LogP contribution in [0.4, 0.5) is 19.0 Å². The highest BCUT2D eigenvalue weighted by molar-refractivity contribution is 5.79. The topological polar surface area (TPSA) is 64.9 Å². The molecule has 0 saturated heterocycles. The zero-order chi connectivity index (χ0) is 24.0. The van der Waals surface area contributed by atoms with Crippen molar-refractivity contribution in [3.8, 4) is 22.5 Å². The summed E-state index contributed by atoms with van der Waals surface area (Å²) in [5, 5.41) is 11.7. The molecule has 2 heterocycles. The lowest BCUT2D eigenvalue weighted by molar-refractivity contribution is -0.137. The molecule has 34 heavy (non-hydrogen) atoms. The Morgan fingerprint density at radius 1 is 0.971 bits per heavy atom. The number of ether oxygens (including phenoxy) is 1. The highest BCUT2D eigenvalue weighted by atomic mass is 19.4. The van der Waals surface area contributed by atoms with Gasteiger partial charge in [-0.05, 0) is 43.2 Å². The minimum absolute atomic E-state index is 0.0718. The Morgan fingerprint density at radius 2 is 1.79 bits per heavy atom. The SMILES string of the molecule is CCOCn1nnc(-c2ccnc(NCCc3ccccc3)c2)c1-c1cccc(C(F)(F)F)c1. The smallest absolute Gasteiger partial charge is 0.370 e. The first kappa shape index (κ1) is 23.4. The molecule has 0 fully saturated rings. The quantitative estimate of drug-likeness (QED) is 0.343. The van der Waals surface area contributed by atoms with Gasteiger partial charge in [0.05, 0.1) is 11.3 Å². The van der Waals surface area contributed by atoms with Crippen LogP contribution in [0.5, 0.6) is 0 Å². The van der Waals surface area contributed by atoms with Crippen molar-refractivity contribution in [1.29, 1.82) is 0 Å². The van der Waals surface area contributed by atoms with Crippen molar-refractivity contribution in [3.05, 3.63) is 84.1 Å². The van der Waals surface area contributed by atoms with Gasteiger partial charge in [0.25, 0.3) is 0 Å². The van der Waals surface area contributed by atoms with Gasteiger partial charge in [0, 0.05) is 30.5 Å². The molecule has 0 saturated carbocycles. The number of rotatable bonds is 9. The molecular formula is C25H24F3N5O. The fraction of sp³-hybridized carbons (Fsp3) is 0.240. The number of aromatic nitrogens is 4.